The third-order valence-electron chi connectivity index (χ3n) is 3.80. The van der Waals surface area contributed by atoms with Crippen molar-refractivity contribution in [3.63, 3.8) is 0 Å². The van der Waals surface area contributed by atoms with Gasteiger partial charge in [-0.2, -0.15) is 12.7 Å². The summed E-state index contributed by atoms with van der Waals surface area (Å²) in [6, 6.07) is 2.45. The average molecular weight is 297 g/mol. The summed E-state index contributed by atoms with van der Waals surface area (Å²) >= 11 is 0. The van der Waals surface area contributed by atoms with E-state index in [1.807, 2.05) is 0 Å². The zero-order chi connectivity index (χ0) is 14.5. The van der Waals surface area contributed by atoms with Crippen LogP contribution in [-0.2, 0) is 28.6 Å². The first-order valence-electron chi connectivity index (χ1n) is 6.40. The molecule has 2 fully saturated rings. The topological polar surface area (TPSA) is 79.7 Å². The van der Waals surface area contributed by atoms with Crippen molar-refractivity contribution in [3.8, 4) is 0 Å². The molecule has 0 N–H and O–H groups in total. The van der Waals surface area contributed by atoms with Crippen molar-refractivity contribution in [2.24, 2.45) is 7.05 Å². The number of aromatic nitrogens is 1. The summed E-state index contributed by atoms with van der Waals surface area (Å²) in [5.74, 6) is -0.386. The maximum atomic E-state index is 12.3. The maximum absolute atomic E-state index is 12.3. The number of carbonyl (C=O) groups excluding carboxylic acids is 1. The van der Waals surface area contributed by atoms with Gasteiger partial charge in [-0.3, -0.25) is 9.59 Å². The molecule has 2 aliphatic rings. The minimum atomic E-state index is -3.73. The van der Waals surface area contributed by atoms with Crippen LogP contribution in [0.1, 0.15) is 18.4 Å². The Balaban J connectivity index is 1.92. The monoisotopic (exact) mass is 297 g/mol. The maximum Gasteiger partial charge on any atom is 0.307 e. The molecule has 3 rings (SSSR count). The molecule has 0 aromatic carbocycles. The van der Waals surface area contributed by atoms with Gasteiger partial charge in [0.15, 0.2) is 0 Å². The lowest BCUT2D eigenvalue weighted by atomic mass is 10.2. The van der Waals surface area contributed by atoms with Crippen molar-refractivity contribution >= 4 is 16.1 Å². The Hall–Kier alpha value is -1.67. The van der Waals surface area contributed by atoms with Crippen molar-refractivity contribution in [3.05, 3.63) is 34.2 Å². The van der Waals surface area contributed by atoms with Gasteiger partial charge in [-0.15, -0.1) is 0 Å². The van der Waals surface area contributed by atoms with Crippen LogP contribution in [0.2, 0.25) is 0 Å². The van der Waals surface area contributed by atoms with Crippen LogP contribution in [0.5, 0.6) is 0 Å². The number of nitrogens with zero attached hydrogens (tertiary/aromatic N) is 3. The predicted octanol–water partition coefficient (Wildman–Crippen LogP) is -0.563. The number of fused-ring (bicyclic) bond motifs is 1. The fraction of sp³-hybridized carbons (Fsp3) is 0.500. The average Bonchev–Trinajstić information content (AvgIpc) is 2.94. The second kappa shape index (κ2) is 4.42. The fourth-order valence-corrected chi connectivity index (χ4v) is 4.47. The molecule has 7 nitrogen and oxygen atoms in total. The van der Waals surface area contributed by atoms with Gasteiger partial charge in [-0.25, -0.2) is 4.31 Å². The lowest BCUT2D eigenvalue weighted by Gasteiger charge is -2.17. The van der Waals surface area contributed by atoms with E-state index in [2.05, 4.69) is 0 Å². The van der Waals surface area contributed by atoms with E-state index in [-0.39, 0.29) is 18.0 Å². The molecular weight excluding hydrogens is 282 g/mol. The molecule has 0 unspecified atom stereocenters. The van der Waals surface area contributed by atoms with Crippen LogP contribution in [-0.4, -0.2) is 40.1 Å². The number of aryl methyl sites for hydroxylation is 1. The Morgan fingerprint density at radius 2 is 2.10 bits per heavy atom. The van der Waals surface area contributed by atoms with Gasteiger partial charge in [-0.05, 0) is 24.5 Å². The first-order chi connectivity index (χ1) is 9.41. The Morgan fingerprint density at radius 3 is 2.75 bits per heavy atom. The molecular formula is C12H15N3O4S. The van der Waals surface area contributed by atoms with Crippen molar-refractivity contribution in [2.75, 3.05) is 6.54 Å². The number of pyridine rings is 1. The lowest BCUT2D eigenvalue weighted by Crippen LogP contribution is -2.34. The predicted molar refractivity (Wildman–Crippen MR) is 70.9 cm³/mol. The summed E-state index contributed by atoms with van der Waals surface area (Å²) in [6.45, 7) is 0.316. The van der Waals surface area contributed by atoms with Gasteiger partial charge in [0, 0.05) is 25.9 Å². The van der Waals surface area contributed by atoms with Gasteiger partial charge >= 0.3 is 10.2 Å². The van der Waals surface area contributed by atoms with Crippen molar-refractivity contribution in [1.29, 1.82) is 0 Å². The Morgan fingerprint density at radius 1 is 1.35 bits per heavy atom. The van der Waals surface area contributed by atoms with E-state index in [1.165, 1.54) is 14.9 Å². The second-order valence-electron chi connectivity index (χ2n) is 5.11. The molecule has 2 aliphatic heterocycles. The summed E-state index contributed by atoms with van der Waals surface area (Å²) in [6.07, 6.45) is 2.85. The Labute approximate surface area is 116 Å². The molecule has 0 radical (unpaired) electrons. The minimum absolute atomic E-state index is 0.0791. The van der Waals surface area contributed by atoms with Gasteiger partial charge in [0.05, 0.1) is 6.54 Å². The molecule has 1 aromatic heterocycles. The van der Waals surface area contributed by atoms with Crippen molar-refractivity contribution in [1.82, 2.24) is 13.2 Å². The number of rotatable bonds is 2. The molecule has 0 bridgehead atoms. The van der Waals surface area contributed by atoms with Crippen LogP contribution in [0.25, 0.3) is 0 Å². The summed E-state index contributed by atoms with van der Waals surface area (Å²) in [7, 11) is -2.12. The van der Waals surface area contributed by atoms with Crippen LogP contribution >= 0.6 is 0 Å². The normalized spacial score (nSPS) is 25.1. The smallest absolute Gasteiger partial charge is 0.307 e. The summed E-state index contributed by atoms with van der Waals surface area (Å²) in [5, 5.41) is 0. The molecule has 0 spiro atoms. The van der Waals surface area contributed by atoms with E-state index >= 15 is 0 Å². The van der Waals surface area contributed by atoms with Crippen molar-refractivity contribution in [2.45, 2.75) is 25.4 Å². The van der Waals surface area contributed by atoms with Crippen LogP contribution in [0.15, 0.2) is 23.1 Å². The number of hydrogen-bond donors (Lipinski definition) is 0. The van der Waals surface area contributed by atoms with E-state index in [1.54, 1.807) is 19.3 Å². The van der Waals surface area contributed by atoms with E-state index in [0.29, 0.717) is 18.5 Å². The van der Waals surface area contributed by atoms with Crippen LogP contribution in [0.4, 0.5) is 0 Å². The molecule has 1 aromatic rings. The van der Waals surface area contributed by atoms with Gasteiger partial charge in [0.25, 0.3) is 11.5 Å². The van der Waals surface area contributed by atoms with Crippen LogP contribution < -0.4 is 5.56 Å². The van der Waals surface area contributed by atoms with Crippen LogP contribution in [0.3, 0.4) is 0 Å². The highest BCUT2D eigenvalue weighted by Gasteiger charge is 2.52. The zero-order valence-corrected chi connectivity index (χ0v) is 11.8. The summed E-state index contributed by atoms with van der Waals surface area (Å²) in [5.41, 5.74) is 0.290. The number of carbonyl (C=O) groups is 1. The second-order valence-corrected chi connectivity index (χ2v) is 6.91. The molecule has 1 amide bonds. The van der Waals surface area contributed by atoms with E-state index < -0.39 is 16.3 Å². The van der Waals surface area contributed by atoms with Gasteiger partial charge in [0.2, 0.25) is 0 Å². The van der Waals surface area contributed by atoms with E-state index in [0.717, 1.165) is 10.7 Å². The van der Waals surface area contributed by atoms with Crippen molar-refractivity contribution < 1.29 is 13.2 Å². The third-order valence-corrected chi connectivity index (χ3v) is 5.70. The fourth-order valence-electron chi connectivity index (χ4n) is 2.68. The largest absolute Gasteiger partial charge is 0.319 e. The highest BCUT2D eigenvalue weighted by atomic mass is 32.2. The molecule has 20 heavy (non-hydrogen) atoms. The van der Waals surface area contributed by atoms with Crippen LogP contribution in [0, 0.1) is 0 Å². The number of hydrogen-bond acceptors (Lipinski definition) is 4. The van der Waals surface area contributed by atoms with Gasteiger partial charge < -0.3 is 4.57 Å². The lowest BCUT2D eigenvalue weighted by molar-refractivity contribution is -0.127. The number of amides is 1. The Kier molecular flexibility index (Phi) is 2.94. The summed E-state index contributed by atoms with van der Waals surface area (Å²) in [4.78, 5) is 23.7. The van der Waals surface area contributed by atoms with Gasteiger partial charge in [0.1, 0.15) is 6.04 Å². The molecule has 0 saturated carbocycles. The highest BCUT2D eigenvalue weighted by molar-refractivity contribution is 7.87. The standard InChI is InChI=1S/C12H15N3O4S/c1-13-6-4-9(7-11(13)16)8-15-12(17)10-3-2-5-14(10)20(15,18)19/h4,6-7,10H,2-3,5,8H2,1H3/t10-/m0/s1. The molecule has 108 valence electrons. The molecule has 1 atom stereocenters. The first-order valence-corrected chi connectivity index (χ1v) is 7.80. The highest BCUT2D eigenvalue weighted by Crippen LogP contribution is 2.32. The molecule has 0 aliphatic carbocycles. The van der Waals surface area contributed by atoms with Gasteiger partial charge in [-0.1, -0.05) is 0 Å². The first kappa shape index (κ1) is 13.3. The molecule has 8 heteroatoms. The minimum Gasteiger partial charge on any atom is -0.319 e. The quantitative estimate of drug-likeness (QED) is 0.733. The Bertz CT molecular complexity index is 724. The summed E-state index contributed by atoms with van der Waals surface area (Å²) < 4.78 is 28.1. The third kappa shape index (κ3) is 1.87. The van der Waals surface area contributed by atoms with E-state index in [4.69, 9.17) is 0 Å². The molecule has 3 heterocycles. The molecule has 2 saturated heterocycles. The van der Waals surface area contributed by atoms with E-state index in [9.17, 15) is 18.0 Å². The SMILES string of the molecule is Cn1ccc(CN2C(=O)[C@@H]3CCCN3S2(=O)=O)cc1=O. The zero-order valence-electron chi connectivity index (χ0n) is 11.0.